The van der Waals surface area contributed by atoms with E-state index in [1.807, 2.05) is 97.5 Å². The number of hydrogen-bond acceptors (Lipinski definition) is 4. The summed E-state index contributed by atoms with van der Waals surface area (Å²) in [6.45, 7) is 3.96. The number of imidazole rings is 1. The van der Waals surface area contributed by atoms with Crippen LogP contribution in [0.4, 0.5) is 11.5 Å². The Hall–Kier alpha value is -6.50. The van der Waals surface area contributed by atoms with Crippen LogP contribution in [0.2, 0.25) is 6.75 Å². The molecule has 296 valence electrons. The van der Waals surface area contributed by atoms with Crippen molar-refractivity contribution in [2.45, 2.75) is 39.9 Å². The minimum absolute atomic E-state index is 0.132. The first-order valence-electron chi connectivity index (χ1n) is 25.7. The van der Waals surface area contributed by atoms with Crippen LogP contribution < -0.4 is 9.55 Å². The first-order chi connectivity index (χ1) is 34.5. The SMILES string of the molecule is [2H]c1c([2H])c([2H])c(-c2cc(C(C)(C)C)cc(-c3c([2H])c([2H])c([2H])c([2H])c3[2H])c2-n2[c](=[Pt])n(-c3cccc(Oc4ccc5c(c4)N(c4cc(C)ccn4)B(C([2H])([2H])[2H])n4nccc4-5)c3)c3ccccc32)c([2H])c1[2H]. The number of anilines is 2. The number of aromatic nitrogens is 5. The minimum atomic E-state index is -2.53. The van der Waals surface area contributed by atoms with Gasteiger partial charge in [0, 0.05) is 16.5 Å². The fourth-order valence-corrected chi connectivity index (χ4v) is 8.80. The van der Waals surface area contributed by atoms with Crippen molar-refractivity contribution in [1.29, 1.82) is 0 Å². The summed E-state index contributed by atoms with van der Waals surface area (Å²) in [5.41, 5.74) is 4.92. The van der Waals surface area contributed by atoms with Crippen molar-refractivity contribution in [3.63, 3.8) is 0 Å². The summed E-state index contributed by atoms with van der Waals surface area (Å²) in [4.78, 5) is 6.26. The summed E-state index contributed by atoms with van der Waals surface area (Å²) in [6, 6.07) is 23.8. The molecule has 0 N–H and O–H groups in total. The number of pyridine rings is 1. The molecule has 10 rings (SSSR count). The zero-order chi connectivity index (χ0) is 52.3. The van der Waals surface area contributed by atoms with E-state index < -0.39 is 79.6 Å². The number of benzene rings is 6. The predicted octanol–water partition coefficient (Wildman–Crippen LogP) is 12.6. The fraction of sp³-hybridized carbons (Fsp3) is 0.118. The number of hydrogen-bond donors (Lipinski definition) is 0. The maximum absolute atomic E-state index is 9.27. The van der Waals surface area contributed by atoms with Crippen molar-refractivity contribution in [3.05, 3.63) is 185 Å². The maximum atomic E-state index is 9.27. The molecule has 0 saturated carbocycles. The van der Waals surface area contributed by atoms with Gasteiger partial charge in [-0.15, -0.1) is 0 Å². The van der Waals surface area contributed by atoms with Gasteiger partial charge in [0.05, 0.1) is 0 Å². The molecule has 3 aromatic heterocycles. The topological polar surface area (TPSA) is 53.0 Å². The van der Waals surface area contributed by atoms with Gasteiger partial charge in [0.2, 0.25) is 0 Å². The summed E-state index contributed by atoms with van der Waals surface area (Å²) in [5.74, 6) is 1.24. The van der Waals surface area contributed by atoms with Gasteiger partial charge in [0.25, 0.3) is 0 Å². The molecule has 4 heterocycles. The molecule has 0 unspecified atom stereocenters. The Morgan fingerprint density at radius 3 is 2.05 bits per heavy atom. The second kappa shape index (κ2) is 15.0. The van der Waals surface area contributed by atoms with Gasteiger partial charge in [-0.25, -0.2) is 0 Å². The van der Waals surface area contributed by atoms with Crippen molar-refractivity contribution in [1.82, 2.24) is 23.8 Å². The normalized spacial score (nSPS) is 15.7. The molecule has 9 heteroatoms. The predicted molar refractivity (Wildman–Crippen MR) is 241 cm³/mol. The van der Waals surface area contributed by atoms with E-state index in [1.54, 1.807) is 53.6 Å². The third kappa shape index (κ3) is 6.56. The molecule has 1 aliphatic heterocycles. The molecule has 6 aromatic carbocycles. The van der Waals surface area contributed by atoms with E-state index in [9.17, 15) is 5.48 Å². The Kier molecular flexibility index (Phi) is 6.45. The van der Waals surface area contributed by atoms with E-state index in [1.165, 1.54) is 4.59 Å². The van der Waals surface area contributed by atoms with Gasteiger partial charge < -0.3 is 0 Å². The number of aryl methyl sites for hydroxylation is 1. The fourth-order valence-electron chi connectivity index (χ4n) is 7.71. The number of ether oxygens (including phenoxy) is 1. The Labute approximate surface area is 380 Å². The van der Waals surface area contributed by atoms with E-state index in [0.717, 1.165) is 11.1 Å². The zero-order valence-corrected chi connectivity index (χ0v) is 35.1. The van der Waals surface area contributed by atoms with E-state index in [-0.39, 0.29) is 27.9 Å². The Bertz CT molecular complexity index is 3700. The molecular weight excluding hydrogens is 918 g/mol. The van der Waals surface area contributed by atoms with Gasteiger partial charge in [0.1, 0.15) is 0 Å². The monoisotopic (exact) mass is 974 g/mol. The molecule has 0 bridgehead atoms. The zero-order valence-electron chi connectivity index (χ0n) is 45.9. The summed E-state index contributed by atoms with van der Waals surface area (Å²) >= 11 is 2.15. The molecular formula is C51H43BN6OPt. The first-order valence-corrected chi connectivity index (χ1v) is 20.3. The summed E-state index contributed by atoms with van der Waals surface area (Å²) < 4.78 is 127. The van der Waals surface area contributed by atoms with Crippen LogP contribution in [0.1, 0.15) is 49.7 Å². The van der Waals surface area contributed by atoms with Gasteiger partial charge in [0.15, 0.2) is 0 Å². The Morgan fingerprint density at radius 1 is 0.700 bits per heavy atom. The molecule has 9 aromatic rings. The number of nitrogens with zero attached hydrogens (tertiary/aromatic N) is 6. The van der Waals surface area contributed by atoms with Crippen LogP contribution in [0.25, 0.3) is 55.9 Å². The standard InChI is InChI=1S/C51H43BN6O.Pt/c1-35-25-27-53-49(29-35)57-48-33-41(23-24-42(48)45-26-28-54-58(45)52(57)5)59-40-20-14-19-39(32-40)55-34-56(47-22-13-12-21-46(47)55)50-43(36-15-8-6-9-16-36)30-38(51(2,3)4)31-44(50)37-17-10-7-11-18-37;/h6-33H,1-5H3;/i5D3,6D,7D,8D,9D,10D,11D,15D,16D,17D,18D;. The summed E-state index contributed by atoms with van der Waals surface area (Å²) in [5, 5.41) is 4.44. The van der Waals surface area contributed by atoms with Crippen LogP contribution in [-0.2, 0) is 24.8 Å². The molecule has 0 spiro atoms. The molecule has 0 saturated heterocycles. The van der Waals surface area contributed by atoms with Gasteiger partial charge in [-0.3, -0.25) is 0 Å². The summed E-state index contributed by atoms with van der Waals surface area (Å²) in [6.07, 6.45) is 3.21. The number of rotatable bonds is 7. The van der Waals surface area contributed by atoms with E-state index in [2.05, 4.69) is 29.4 Å². The quantitative estimate of drug-likeness (QED) is 0.149. The Morgan fingerprint density at radius 2 is 1.38 bits per heavy atom. The molecule has 7 nitrogen and oxygen atoms in total. The third-order valence-electron chi connectivity index (χ3n) is 10.6. The van der Waals surface area contributed by atoms with Crippen LogP contribution >= 0.6 is 0 Å². The Balaban J connectivity index is 1.20. The molecule has 0 fully saturated rings. The van der Waals surface area contributed by atoms with E-state index >= 15 is 0 Å². The van der Waals surface area contributed by atoms with E-state index in [0.29, 0.717) is 54.8 Å². The van der Waals surface area contributed by atoms with Crippen LogP contribution in [0.15, 0.2) is 170 Å². The van der Waals surface area contributed by atoms with Crippen LogP contribution in [0.3, 0.4) is 0 Å². The van der Waals surface area contributed by atoms with Gasteiger partial charge in [-0.1, -0.05) is 0 Å². The second-order valence-electron chi connectivity index (χ2n) is 15.4. The van der Waals surface area contributed by atoms with Crippen LogP contribution in [-0.4, -0.2) is 30.8 Å². The molecule has 0 aliphatic carbocycles. The van der Waals surface area contributed by atoms with Crippen molar-refractivity contribution in [2.75, 3.05) is 4.81 Å². The molecule has 0 radical (unpaired) electrons. The van der Waals surface area contributed by atoms with Crippen molar-refractivity contribution in [2.24, 2.45) is 0 Å². The van der Waals surface area contributed by atoms with E-state index in [4.69, 9.17) is 17.1 Å². The van der Waals surface area contributed by atoms with Crippen molar-refractivity contribution >= 4 is 29.5 Å². The second-order valence-corrected chi connectivity index (χ2v) is 16.5. The first kappa shape index (κ1) is 25.9. The molecule has 0 amide bonds. The number of para-hydroxylation sites is 2. The van der Waals surface area contributed by atoms with Gasteiger partial charge in [-0.05, 0) is 18.6 Å². The molecule has 1 aliphatic rings. The van der Waals surface area contributed by atoms with Crippen LogP contribution in [0, 0.1) is 10.7 Å². The molecule has 0 atom stereocenters. The van der Waals surface area contributed by atoms with Gasteiger partial charge in [-0.2, -0.15) is 5.10 Å². The number of fused-ring (bicyclic) bond motifs is 4. The van der Waals surface area contributed by atoms with Crippen molar-refractivity contribution in [3.8, 4) is 56.4 Å². The van der Waals surface area contributed by atoms with Crippen LogP contribution in [0.5, 0.6) is 11.5 Å². The third-order valence-corrected chi connectivity index (χ3v) is 11.6. The van der Waals surface area contributed by atoms with Gasteiger partial charge >= 0.3 is 341 Å². The van der Waals surface area contributed by atoms with Crippen molar-refractivity contribution < 1.29 is 41.9 Å². The molecule has 60 heavy (non-hydrogen) atoms. The average molecular weight is 975 g/mol. The summed E-state index contributed by atoms with van der Waals surface area (Å²) in [7, 11) is 0. The average Bonchev–Trinajstić information content (AvgIpc) is 3.95.